The van der Waals surface area contributed by atoms with Crippen LogP contribution in [0, 0.1) is 0 Å². The molecule has 0 amide bonds. The van der Waals surface area contributed by atoms with Crippen molar-refractivity contribution in [1.82, 2.24) is 20.2 Å². The largest absolute Gasteiger partial charge is 0.545 e. The zero-order valence-electron chi connectivity index (χ0n) is 12.6. The SMILES string of the molecule is O=C([O-])c1ccc(-c2nnn(Cc3cccc(C(F)(F)F)c3)n2)cc1. The van der Waals surface area contributed by atoms with Crippen molar-refractivity contribution in [2.75, 3.05) is 0 Å². The van der Waals surface area contributed by atoms with E-state index in [0.29, 0.717) is 11.1 Å². The lowest BCUT2D eigenvalue weighted by Crippen LogP contribution is -2.21. The number of carbonyl (C=O) groups excluding carboxylic acids is 1. The summed E-state index contributed by atoms with van der Waals surface area (Å²) in [5.74, 6) is -1.07. The van der Waals surface area contributed by atoms with Gasteiger partial charge in [-0.25, -0.2) is 0 Å². The topological polar surface area (TPSA) is 83.7 Å². The predicted octanol–water partition coefficient (Wildman–Crippen LogP) is 1.77. The van der Waals surface area contributed by atoms with Gasteiger partial charge in [0.1, 0.15) is 0 Å². The molecule has 0 radical (unpaired) electrons. The molecule has 0 aliphatic heterocycles. The van der Waals surface area contributed by atoms with Crippen LogP contribution in [0.3, 0.4) is 0 Å². The first-order valence-electron chi connectivity index (χ1n) is 7.08. The van der Waals surface area contributed by atoms with E-state index in [4.69, 9.17) is 0 Å². The summed E-state index contributed by atoms with van der Waals surface area (Å²) in [6.07, 6.45) is -4.42. The van der Waals surface area contributed by atoms with Gasteiger partial charge in [0, 0.05) is 5.56 Å². The second kappa shape index (κ2) is 6.34. The van der Waals surface area contributed by atoms with E-state index in [9.17, 15) is 23.1 Å². The average Bonchev–Trinajstić information content (AvgIpc) is 3.03. The van der Waals surface area contributed by atoms with Crippen molar-refractivity contribution >= 4 is 5.97 Å². The summed E-state index contributed by atoms with van der Waals surface area (Å²) in [4.78, 5) is 11.9. The van der Waals surface area contributed by atoms with Gasteiger partial charge in [-0.2, -0.15) is 18.0 Å². The second-order valence-corrected chi connectivity index (χ2v) is 5.21. The van der Waals surface area contributed by atoms with Crippen LogP contribution in [-0.4, -0.2) is 26.2 Å². The van der Waals surface area contributed by atoms with Gasteiger partial charge in [0.2, 0.25) is 5.82 Å². The number of rotatable bonds is 4. The lowest BCUT2D eigenvalue weighted by atomic mass is 10.1. The Labute approximate surface area is 139 Å². The van der Waals surface area contributed by atoms with Crippen molar-refractivity contribution in [3.8, 4) is 11.4 Å². The molecule has 3 rings (SSSR count). The summed E-state index contributed by atoms with van der Waals surface area (Å²) >= 11 is 0. The Balaban J connectivity index is 1.79. The number of alkyl halides is 3. The Morgan fingerprint density at radius 3 is 2.48 bits per heavy atom. The smallest absolute Gasteiger partial charge is 0.416 e. The van der Waals surface area contributed by atoms with Crippen molar-refractivity contribution < 1.29 is 23.1 Å². The molecular formula is C16H10F3N4O2-. The number of nitrogens with zero attached hydrogens (tertiary/aromatic N) is 4. The number of hydrogen-bond acceptors (Lipinski definition) is 5. The van der Waals surface area contributed by atoms with Crippen molar-refractivity contribution in [3.63, 3.8) is 0 Å². The lowest BCUT2D eigenvalue weighted by molar-refractivity contribution is -0.255. The van der Waals surface area contributed by atoms with Crippen LogP contribution in [0.5, 0.6) is 0 Å². The van der Waals surface area contributed by atoms with E-state index in [0.717, 1.165) is 16.9 Å². The molecule has 0 bridgehead atoms. The van der Waals surface area contributed by atoms with Crippen molar-refractivity contribution in [3.05, 3.63) is 65.2 Å². The first-order valence-corrected chi connectivity index (χ1v) is 7.08. The molecule has 1 heterocycles. The number of aromatic nitrogens is 4. The van der Waals surface area contributed by atoms with Crippen LogP contribution in [-0.2, 0) is 12.7 Å². The number of aromatic carboxylic acids is 1. The summed E-state index contributed by atoms with van der Waals surface area (Å²) < 4.78 is 38.2. The van der Waals surface area contributed by atoms with E-state index < -0.39 is 17.7 Å². The molecule has 9 heteroatoms. The third-order valence-corrected chi connectivity index (χ3v) is 3.41. The van der Waals surface area contributed by atoms with Gasteiger partial charge in [-0.1, -0.05) is 36.4 Å². The minimum absolute atomic E-state index is 0.0140. The standard InChI is InChI=1S/C16H11F3N4O2/c17-16(18,19)13-3-1-2-10(8-13)9-23-21-14(20-22-23)11-4-6-12(7-5-11)15(24)25/h1-8H,9H2,(H,24,25)/p-1. The average molecular weight is 347 g/mol. The normalized spacial score (nSPS) is 11.5. The van der Waals surface area contributed by atoms with E-state index in [2.05, 4.69) is 15.4 Å². The minimum Gasteiger partial charge on any atom is -0.545 e. The number of tetrazole rings is 1. The van der Waals surface area contributed by atoms with Crippen LogP contribution in [0.15, 0.2) is 48.5 Å². The molecule has 6 nitrogen and oxygen atoms in total. The first-order chi connectivity index (χ1) is 11.8. The third-order valence-electron chi connectivity index (χ3n) is 3.41. The van der Waals surface area contributed by atoms with Crippen LogP contribution >= 0.6 is 0 Å². The Bertz CT molecular complexity index is 904. The Kier molecular flexibility index (Phi) is 4.22. The predicted molar refractivity (Wildman–Crippen MR) is 78.1 cm³/mol. The molecule has 2 aromatic carbocycles. The molecule has 0 saturated carbocycles. The van der Waals surface area contributed by atoms with Crippen LogP contribution in [0.4, 0.5) is 13.2 Å². The summed E-state index contributed by atoms with van der Waals surface area (Å²) in [5.41, 5.74) is 0.176. The van der Waals surface area contributed by atoms with Gasteiger partial charge in [0.15, 0.2) is 0 Å². The summed E-state index contributed by atoms with van der Waals surface area (Å²) in [7, 11) is 0. The quantitative estimate of drug-likeness (QED) is 0.718. The fourth-order valence-electron chi connectivity index (χ4n) is 2.19. The molecule has 1 aromatic heterocycles. The molecular weight excluding hydrogens is 337 g/mol. The van der Waals surface area contributed by atoms with E-state index in [1.54, 1.807) is 0 Å². The maximum Gasteiger partial charge on any atom is 0.416 e. The molecule has 0 N–H and O–H groups in total. The molecule has 25 heavy (non-hydrogen) atoms. The highest BCUT2D eigenvalue weighted by molar-refractivity contribution is 5.86. The van der Waals surface area contributed by atoms with Crippen molar-refractivity contribution in [2.24, 2.45) is 0 Å². The molecule has 0 aliphatic carbocycles. The number of carbonyl (C=O) groups is 1. The van der Waals surface area contributed by atoms with Crippen LogP contribution in [0.1, 0.15) is 21.5 Å². The second-order valence-electron chi connectivity index (χ2n) is 5.21. The van der Waals surface area contributed by atoms with Gasteiger partial charge in [0.25, 0.3) is 0 Å². The number of hydrogen-bond donors (Lipinski definition) is 0. The zero-order chi connectivity index (χ0) is 18.0. The monoisotopic (exact) mass is 347 g/mol. The number of carboxylic acids is 1. The maximum atomic E-state index is 12.7. The Hall–Kier alpha value is -3.23. The Morgan fingerprint density at radius 1 is 1.12 bits per heavy atom. The number of halogens is 3. The molecule has 128 valence electrons. The van der Waals surface area contributed by atoms with E-state index in [-0.39, 0.29) is 17.9 Å². The summed E-state index contributed by atoms with van der Waals surface area (Å²) in [6.45, 7) is 0.0219. The molecule has 0 spiro atoms. The summed E-state index contributed by atoms with van der Waals surface area (Å²) in [6, 6.07) is 10.5. The number of benzene rings is 2. The van der Waals surface area contributed by atoms with Crippen LogP contribution in [0.25, 0.3) is 11.4 Å². The van der Waals surface area contributed by atoms with Gasteiger partial charge in [-0.15, -0.1) is 10.2 Å². The molecule has 0 atom stereocenters. The van der Waals surface area contributed by atoms with Crippen molar-refractivity contribution in [1.29, 1.82) is 0 Å². The van der Waals surface area contributed by atoms with Gasteiger partial charge in [-0.3, -0.25) is 0 Å². The first kappa shape index (κ1) is 16.6. The maximum absolute atomic E-state index is 12.7. The molecule has 0 saturated heterocycles. The van der Waals surface area contributed by atoms with Crippen LogP contribution < -0.4 is 5.11 Å². The van der Waals surface area contributed by atoms with Gasteiger partial charge in [-0.05, 0) is 28.5 Å². The van der Waals surface area contributed by atoms with Gasteiger partial charge in [0.05, 0.1) is 18.1 Å². The lowest BCUT2D eigenvalue weighted by Gasteiger charge is -2.08. The van der Waals surface area contributed by atoms with E-state index in [1.165, 1.54) is 36.4 Å². The highest BCUT2D eigenvalue weighted by atomic mass is 19.4. The highest BCUT2D eigenvalue weighted by Gasteiger charge is 2.30. The molecule has 3 aromatic rings. The molecule has 0 aliphatic rings. The molecule has 0 fully saturated rings. The number of carboxylic acid groups (broad SMARTS) is 1. The fraction of sp³-hybridized carbons (Fsp3) is 0.125. The van der Waals surface area contributed by atoms with Gasteiger partial charge < -0.3 is 9.90 Å². The van der Waals surface area contributed by atoms with Gasteiger partial charge >= 0.3 is 6.18 Å². The van der Waals surface area contributed by atoms with E-state index >= 15 is 0 Å². The third kappa shape index (κ3) is 3.82. The summed E-state index contributed by atoms with van der Waals surface area (Å²) in [5, 5.41) is 22.4. The molecule has 0 unspecified atom stereocenters. The van der Waals surface area contributed by atoms with Crippen molar-refractivity contribution in [2.45, 2.75) is 12.7 Å². The van der Waals surface area contributed by atoms with Crippen LogP contribution in [0.2, 0.25) is 0 Å². The Morgan fingerprint density at radius 2 is 1.84 bits per heavy atom. The zero-order valence-corrected chi connectivity index (χ0v) is 12.6. The minimum atomic E-state index is -4.42. The highest BCUT2D eigenvalue weighted by Crippen LogP contribution is 2.29. The fourth-order valence-corrected chi connectivity index (χ4v) is 2.19. The van der Waals surface area contributed by atoms with E-state index in [1.807, 2.05) is 0 Å².